The van der Waals surface area contributed by atoms with Crippen molar-refractivity contribution >= 4 is 11.4 Å². The normalized spacial score (nSPS) is 19.3. The molecule has 0 bridgehead atoms. The van der Waals surface area contributed by atoms with E-state index < -0.39 is 0 Å². The highest BCUT2D eigenvalue weighted by molar-refractivity contribution is 5.65. The third-order valence-electron chi connectivity index (χ3n) is 3.00. The van der Waals surface area contributed by atoms with Crippen molar-refractivity contribution in [1.82, 2.24) is 4.98 Å². The first-order valence-corrected chi connectivity index (χ1v) is 5.42. The maximum atomic E-state index is 9.52. The standard InChI is InChI=1S/C11H17N3O2/c12-9-7-13-4-1-10(9)14-11(8-15)2-5-16-6-3-11/h1,4,7,15H,2-3,5-6,8,12H2,(H,13,14). The fraction of sp³-hybridized carbons (Fsp3) is 0.545. The van der Waals surface area contributed by atoms with Crippen LogP contribution in [-0.4, -0.2) is 35.5 Å². The van der Waals surface area contributed by atoms with Gasteiger partial charge in [-0.2, -0.15) is 0 Å². The van der Waals surface area contributed by atoms with Crippen LogP contribution in [0.15, 0.2) is 18.5 Å². The molecule has 1 saturated heterocycles. The molecule has 0 unspecified atom stereocenters. The predicted molar refractivity (Wildman–Crippen MR) is 62.1 cm³/mol. The van der Waals surface area contributed by atoms with Crippen LogP contribution >= 0.6 is 0 Å². The van der Waals surface area contributed by atoms with Gasteiger partial charge in [0.25, 0.3) is 0 Å². The van der Waals surface area contributed by atoms with Crippen molar-refractivity contribution in [3.05, 3.63) is 18.5 Å². The summed E-state index contributed by atoms with van der Waals surface area (Å²) >= 11 is 0. The van der Waals surface area contributed by atoms with Crippen molar-refractivity contribution in [2.45, 2.75) is 18.4 Å². The van der Waals surface area contributed by atoms with Gasteiger partial charge in [0.1, 0.15) is 0 Å². The summed E-state index contributed by atoms with van der Waals surface area (Å²) in [7, 11) is 0. The number of hydrogen-bond donors (Lipinski definition) is 3. The van der Waals surface area contributed by atoms with E-state index in [0.29, 0.717) is 18.9 Å². The Kier molecular flexibility index (Phi) is 3.26. The Balaban J connectivity index is 2.15. The number of aromatic nitrogens is 1. The minimum atomic E-state index is -0.312. The molecular formula is C11H17N3O2. The number of rotatable bonds is 3. The SMILES string of the molecule is Nc1cnccc1NC1(CO)CCOCC1. The number of nitrogen functional groups attached to an aromatic ring is 1. The van der Waals surface area contributed by atoms with E-state index in [4.69, 9.17) is 10.5 Å². The third kappa shape index (κ3) is 2.25. The molecule has 16 heavy (non-hydrogen) atoms. The van der Waals surface area contributed by atoms with Gasteiger partial charge in [-0.3, -0.25) is 4.98 Å². The number of ether oxygens (including phenoxy) is 1. The van der Waals surface area contributed by atoms with Crippen LogP contribution in [0.25, 0.3) is 0 Å². The monoisotopic (exact) mass is 223 g/mol. The molecule has 2 heterocycles. The topological polar surface area (TPSA) is 80.4 Å². The lowest BCUT2D eigenvalue weighted by Gasteiger charge is -2.37. The zero-order valence-electron chi connectivity index (χ0n) is 9.15. The highest BCUT2D eigenvalue weighted by Gasteiger charge is 2.32. The van der Waals surface area contributed by atoms with Crippen molar-refractivity contribution in [3.8, 4) is 0 Å². The molecular weight excluding hydrogens is 206 g/mol. The van der Waals surface area contributed by atoms with Crippen molar-refractivity contribution in [1.29, 1.82) is 0 Å². The zero-order valence-corrected chi connectivity index (χ0v) is 9.15. The molecule has 1 aliphatic heterocycles. The van der Waals surface area contributed by atoms with Gasteiger partial charge in [0.2, 0.25) is 0 Å². The van der Waals surface area contributed by atoms with Gasteiger partial charge in [0, 0.05) is 19.4 Å². The lowest BCUT2D eigenvalue weighted by atomic mass is 9.90. The second-order valence-corrected chi connectivity index (χ2v) is 4.14. The van der Waals surface area contributed by atoms with Crippen LogP contribution in [0.3, 0.4) is 0 Å². The number of anilines is 2. The molecule has 0 aromatic carbocycles. The van der Waals surface area contributed by atoms with E-state index in [-0.39, 0.29) is 12.1 Å². The molecule has 0 spiro atoms. The fourth-order valence-electron chi connectivity index (χ4n) is 1.89. The molecule has 2 rings (SSSR count). The van der Waals surface area contributed by atoms with E-state index in [1.165, 1.54) is 0 Å². The number of hydrogen-bond acceptors (Lipinski definition) is 5. The van der Waals surface area contributed by atoms with E-state index in [0.717, 1.165) is 18.5 Å². The van der Waals surface area contributed by atoms with Crippen molar-refractivity contribution in [2.75, 3.05) is 30.9 Å². The number of aliphatic hydroxyl groups excluding tert-OH is 1. The van der Waals surface area contributed by atoms with Crippen LogP contribution in [0.2, 0.25) is 0 Å². The van der Waals surface area contributed by atoms with E-state index in [2.05, 4.69) is 10.3 Å². The number of aliphatic hydroxyl groups is 1. The second kappa shape index (κ2) is 4.67. The van der Waals surface area contributed by atoms with Crippen LogP contribution in [0.1, 0.15) is 12.8 Å². The Morgan fingerprint density at radius 3 is 2.88 bits per heavy atom. The first-order chi connectivity index (χ1) is 7.76. The van der Waals surface area contributed by atoms with Gasteiger partial charge in [-0.25, -0.2) is 0 Å². The average molecular weight is 223 g/mol. The summed E-state index contributed by atoms with van der Waals surface area (Å²) in [4.78, 5) is 3.93. The van der Waals surface area contributed by atoms with Crippen LogP contribution in [0, 0.1) is 0 Å². The van der Waals surface area contributed by atoms with Gasteiger partial charge in [-0.15, -0.1) is 0 Å². The van der Waals surface area contributed by atoms with Crippen molar-refractivity contribution < 1.29 is 9.84 Å². The summed E-state index contributed by atoms with van der Waals surface area (Å²) in [6.07, 6.45) is 4.85. The van der Waals surface area contributed by atoms with Gasteiger partial charge in [0.05, 0.1) is 29.7 Å². The largest absolute Gasteiger partial charge is 0.396 e. The Hall–Kier alpha value is -1.33. The molecule has 5 nitrogen and oxygen atoms in total. The number of nitrogens with two attached hydrogens (primary N) is 1. The summed E-state index contributed by atoms with van der Waals surface area (Å²) in [5, 5.41) is 12.8. The lowest BCUT2D eigenvalue weighted by Crippen LogP contribution is -2.47. The summed E-state index contributed by atoms with van der Waals surface area (Å²) in [6, 6.07) is 1.82. The highest BCUT2D eigenvalue weighted by Crippen LogP contribution is 2.27. The van der Waals surface area contributed by atoms with Gasteiger partial charge in [-0.1, -0.05) is 0 Å². The molecule has 1 aliphatic rings. The fourth-order valence-corrected chi connectivity index (χ4v) is 1.89. The maximum Gasteiger partial charge on any atom is 0.0736 e. The minimum Gasteiger partial charge on any atom is -0.396 e. The summed E-state index contributed by atoms with van der Waals surface area (Å²) < 4.78 is 5.30. The van der Waals surface area contributed by atoms with E-state index in [9.17, 15) is 5.11 Å². The number of nitrogens with zero attached hydrogens (tertiary/aromatic N) is 1. The van der Waals surface area contributed by atoms with Crippen molar-refractivity contribution in [3.63, 3.8) is 0 Å². The molecule has 1 aromatic heterocycles. The minimum absolute atomic E-state index is 0.0815. The Morgan fingerprint density at radius 1 is 1.50 bits per heavy atom. The first kappa shape index (κ1) is 11.2. The number of pyridine rings is 1. The quantitative estimate of drug-likeness (QED) is 0.700. The molecule has 1 fully saturated rings. The summed E-state index contributed by atoms with van der Waals surface area (Å²) in [5.74, 6) is 0. The smallest absolute Gasteiger partial charge is 0.0736 e. The Labute approximate surface area is 94.6 Å². The highest BCUT2D eigenvalue weighted by atomic mass is 16.5. The van der Waals surface area contributed by atoms with Crippen LogP contribution in [0.5, 0.6) is 0 Å². The molecule has 0 aliphatic carbocycles. The van der Waals surface area contributed by atoms with E-state index in [1.54, 1.807) is 12.4 Å². The Bertz CT molecular complexity index is 351. The molecule has 88 valence electrons. The molecule has 4 N–H and O–H groups in total. The first-order valence-electron chi connectivity index (χ1n) is 5.42. The summed E-state index contributed by atoms with van der Waals surface area (Å²) in [5.41, 5.74) is 6.93. The molecule has 1 aromatic rings. The van der Waals surface area contributed by atoms with E-state index in [1.807, 2.05) is 6.07 Å². The molecule has 0 atom stereocenters. The molecule has 5 heteroatoms. The summed E-state index contributed by atoms with van der Waals surface area (Å²) in [6.45, 7) is 1.41. The van der Waals surface area contributed by atoms with Crippen LogP contribution < -0.4 is 11.1 Å². The lowest BCUT2D eigenvalue weighted by molar-refractivity contribution is 0.0380. The van der Waals surface area contributed by atoms with Crippen LogP contribution in [0.4, 0.5) is 11.4 Å². The van der Waals surface area contributed by atoms with Gasteiger partial charge >= 0.3 is 0 Å². The maximum absolute atomic E-state index is 9.52. The van der Waals surface area contributed by atoms with Gasteiger partial charge in [0.15, 0.2) is 0 Å². The second-order valence-electron chi connectivity index (χ2n) is 4.14. The van der Waals surface area contributed by atoms with Crippen LogP contribution in [-0.2, 0) is 4.74 Å². The zero-order chi connectivity index (χ0) is 11.4. The van der Waals surface area contributed by atoms with E-state index >= 15 is 0 Å². The molecule has 0 radical (unpaired) electrons. The number of nitrogens with one attached hydrogen (secondary N) is 1. The Morgan fingerprint density at radius 2 is 2.25 bits per heavy atom. The average Bonchev–Trinajstić information content (AvgIpc) is 2.33. The molecule has 0 saturated carbocycles. The van der Waals surface area contributed by atoms with Crippen molar-refractivity contribution in [2.24, 2.45) is 0 Å². The van der Waals surface area contributed by atoms with Gasteiger partial charge in [-0.05, 0) is 18.9 Å². The predicted octanol–water partition coefficient (Wildman–Crippen LogP) is 0.617. The van der Waals surface area contributed by atoms with Gasteiger partial charge < -0.3 is 20.9 Å². The molecule has 0 amide bonds. The third-order valence-corrected chi connectivity index (χ3v) is 3.00.